The van der Waals surface area contributed by atoms with Crippen LogP contribution in [0.1, 0.15) is 94.1 Å². The van der Waals surface area contributed by atoms with Gasteiger partial charge in [-0.25, -0.2) is 4.63 Å². The van der Waals surface area contributed by atoms with Gasteiger partial charge >= 0.3 is 5.97 Å². The smallest absolute Gasteiger partial charge is 0.309 e. The SMILES string of the molecule is O=C(OCc1ccccc1)C1CCC(Oc2cc(C3CCCCCCCC3)cc3nonc23)CC1. The lowest BCUT2D eigenvalue weighted by Crippen LogP contribution is -2.29. The third-order valence-electron chi connectivity index (χ3n) is 7.70. The average Bonchev–Trinajstić information content (AvgIpc) is 3.42. The normalized spacial score (nSPS) is 22.2. The highest BCUT2D eigenvalue weighted by molar-refractivity contribution is 5.81. The summed E-state index contributed by atoms with van der Waals surface area (Å²) in [6.07, 6.45) is 13.6. The number of carbonyl (C=O) groups is 1. The third-order valence-corrected chi connectivity index (χ3v) is 7.70. The van der Waals surface area contributed by atoms with E-state index in [9.17, 15) is 4.79 Å². The van der Waals surface area contributed by atoms with E-state index < -0.39 is 0 Å². The number of benzene rings is 2. The van der Waals surface area contributed by atoms with Crippen molar-refractivity contribution in [3.05, 3.63) is 53.6 Å². The largest absolute Gasteiger partial charge is 0.488 e. The summed E-state index contributed by atoms with van der Waals surface area (Å²) in [6.45, 7) is 0.335. The summed E-state index contributed by atoms with van der Waals surface area (Å²) < 4.78 is 17.1. The van der Waals surface area contributed by atoms with Crippen LogP contribution in [-0.2, 0) is 16.1 Å². The fourth-order valence-electron chi connectivity index (χ4n) is 5.61. The monoisotopic (exact) mass is 476 g/mol. The van der Waals surface area contributed by atoms with E-state index in [2.05, 4.69) is 22.4 Å². The molecule has 0 amide bonds. The topological polar surface area (TPSA) is 74.5 Å². The molecule has 0 saturated heterocycles. The fraction of sp³-hybridized carbons (Fsp3) is 0.552. The second kappa shape index (κ2) is 11.7. The molecule has 0 aliphatic heterocycles. The van der Waals surface area contributed by atoms with Crippen molar-refractivity contribution in [2.45, 2.75) is 95.7 Å². The molecule has 5 rings (SSSR count). The standard InChI is InChI=1S/C29H36N2O4/c32-29(33-20-21-10-6-5-7-11-21)23-14-16-25(17-15-23)34-27-19-24(18-26-28(27)31-35-30-26)22-12-8-3-1-2-4-9-13-22/h5-7,10-11,18-19,22-23,25H,1-4,8-9,12-17,20H2. The number of hydrogen-bond acceptors (Lipinski definition) is 6. The van der Waals surface area contributed by atoms with Crippen LogP contribution in [0.15, 0.2) is 47.1 Å². The van der Waals surface area contributed by atoms with Gasteiger partial charge in [0.1, 0.15) is 12.1 Å². The Kier molecular flexibility index (Phi) is 7.96. The summed E-state index contributed by atoms with van der Waals surface area (Å²) in [5, 5.41) is 8.27. The third kappa shape index (κ3) is 6.22. The maximum atomic E-state index is 12.6. The minimum atomic E-state index is -0.0995. The molecule has 2 aliphatic rings. The Hall–Kier alpha value is -2.89. The maximum Gasteiger partial charge on any atom is 0.309 e. The van der Waals surface area contributed by atoms with Gasteiger partial charge in [-0.3, -0.25) is 4.79 Å². The van der Waals surface area contributed by atoms with Gasteiger partial charge in [0.05, 0.1) is 12.0 Å². The molecule has 3 aromatic rings. The first kappa shape index (κ1) is 23.8. The number of aromatic nitrogens is 2. The molecule has 0 unspecified atom stereocenters. The van der Waals surface area contributed by atoms with Gasteiger partial charge in [-0.1, -0.05) is 68.9 Å². The van der Waals surface area contributed by atoms with Crippen molar-refractivity contribution in [2.24, 2.45) is 5.92 Å². The zero-order chi connectivity index (χ0) is 23.9. The Bertz CT molecular complexity index is 1080. The average molecular weight is 477 g/mol. The summed E-state index contributed by atoms with van der Waals surface area (Å²) >= 11 is 0. The molecule has 2 aliphatic carbocycles. The summed E-state index contributed by atoms with van der Waals surface area (Å²) in [7, 11) is 0. The highest BCUT2D eigenvalue weighted by atomic mass is 16.6. The van der Waals surface area contributed by atoms with Gasteiger partial charge < -0.3 is 9.47 Å². The van der Waals surface area contributed by atoms with E-state index in [4.69, 9.17) is 14.1 Å². The van der Waals surface area contributed by atoms with E-state index >= 15 is 0 Å². The number of esters is 1. The minimum Gasteiger partial charge on any atom is -0.488 e. The molecule has 2 fully saturated rings. The molecule has 0 atom stereocenters. The molecule has 2 saturated carbocycles. The first-order valence-electron chi connectivity index (χ1n) is 13.4. The number of carbonyl (C=O) groups excluding carboxylic acids is 1. The van der Waals surface area contributed by atoms with E-state index in [1.165, 1.54) is 56.9 Å². The Morgan fingerprint density at radius 2 is 1.57 bits per heavy atom. The van der Waals surface area contributed by atoms with Gasteiger partial charge in [0.15, 0.2) is 11.3 Å². The summed E-state index contributed by atoms with van der Waals surface area (Å²) in [5.41, 5.74) is 3.78. The Morgan fingerprint density at radius 1 is 0.857 bits per heavy atom. The van der Waals surface area contributed by atoms with Crippen molar-refractivity contribution >= 4 is 17.0 Å². The van der Waals surface area contributed by atoms with Crippen LogP contribution in [-0.4, -0.2) is 22.4 Å². The number of ether oxygens (including phenoxy) is 2. The van der Waals surface area contributed by atoms with Crippen molar-refractivity contribution in [1.29, 1.82) is 0 Å². The van der Waals surface area contributed by atoms with E-state index in [0.717, 1.165) is 42.5 Å². The summed E-state index contributed by atoms with van der Waals surface area (Å²) in [5.74, 6) is 1.15. The van der Waals surface area contributed by atoms with Crippen LogP contribution in [0.4, 0.5) is 0 Å². The number of hydrogen-bond donors (Lipinski definition) is 0. The fourth-order valence-corrected chi connectivity index (χ4v) is 5.61. The van der Waals surface area contributed by atoms with Crippen LogP contribution in [0.3, 0.4) is 0 Å². The van der Waals surface area contributed by atoms with Gasteiger partial charge in [0, 0.05) is 0 Å². The maximum absolute atomic E-state index is 12.6. The molecule has 0 radical (unpaired) electrons. The van der Waals surface area contributed by atoms with E-state index in [1.807, 2.05) is 30.3 Å². The second-order valence-electron chi connectivity index (χ2n) is 10.2. The molecular weight excluding hydrogens is 440 g/mol. The van der Waals surface area contributed by atoms with Crippen LogP contribution < -0.4 is 4.74 Å². The number of rotatable bonds is 6. The Balaban J connectivity index is 1.20. The molecule has 1 heterocycles. The van der Waals surface area contributed by atoms with Gasteiger partial charge in [-0.05, 0) is 78.0 Å². The minimum absolute atomic E-state index is 0.0579. The van der Waals surface area contributed by atoms with E-state index in [-0.39, 0.29) is 18.0 Å². The Labute approximate surface area is 207 Å². The molecule has 2 aromatic carbocycles. The van der Waals surface area contributed by atoms with Gasteiger partial charge in [0.2, 0.25) is 0 Å². The molecule has 6 heteroatoms. The lowest BCUT2D eigenvalue weighted by molar-refractivity contribution is -0.151. The predicted molar refractivity (Wildman–Crippen MR) is 134 cm³/mol. The van der Waals surface area contributed by atoms with Crippen molar-refractivity contribution in [2.75, 3.05) is 0 Å². The van der Waals surface area contributed by atoms with Crippen LogP contribution >= 0.6 is 0 Å². The first-order chi connectivity index (χ1) is 17.3. The van der Waals surface area contributed by atoms with Crippen LogP contribution in [0, 0.1) is 5.92 Å². The quantitative estimate of drug-likeness (QED) is 0.353. The molecule has 0 N–H and O–H groups in total. The zero-order valence-electron chi connectivity index (χ0n) is 20.5. The highest BCUT2D eigenvalue weighted by Crippen LogP contribution is 2.37. The van der Waals surface area contributed by atoms with Crippen LogP contribution in [0.5, 0.6) is 5.75 Å². The molecule has 1 aromatic heterocycles. The number of nitrogens with zero attached hydrogens (tertiary/aromatic N) is 2. The second-order valence-corrected chi connectivity index (χ2v) is 10.2. The summed E-state index contributed by atoms with van der Waals surface area (Å²) in [6, 6.07) is 14.1. The lowest BCUT2D eigenvalue weighted by atomic mass is 9.87. The van der Waals surface area contributed by atoms with E-state index in [0.29, 0.717) is 18.0 Å². The van der Waals surface area contributed by atoms with Crippen molar-refractivity contribution in [3.63, 3.8) is 0 Å². The molecule has 0 bridgehead atoms. The molecule has 35 heavy (non-hydrogen) atoms. The van der Waals surface area contributed by atoms with Gasteiger partial charge in [0.25, 0.3) is 0 Å². The molecule has 6 nitrogen and oxygen atoms in total. The highest BCUT2D eigenvalue weighted by Gasteiger charge is 2.29. The predicted octanol–water partition coefficient (Wildman–Crippen LogP) is 7.12. The Morgan fingerprint density at radius 3 is 2.31 bits per heavy atom. The lowest BCUT2D eigenvalue weighted by Gasteiger charge is -2.28. The van der Waals surface area contributed by atoms with E-state index in [1.54, 1.807) is 0 Å². The van der Waals surface area contributed by atoms with Crippen LogP contribution in [0.2, 0.25) is 0 Å². The van der Waals surface area contributed by atoms with Crippen LogP contribution in [0.25, 0.3) is 11.0 Å². The van der Waals surface area contributed by atoms with Gasteiger partial charge in [-0.15, -0.1) is 0 Å². The molecular formula is C29H36N2O4. The van der Waals surface area contributed by atoms with Crippen molar-refractivity contribution < 1.29 is 18.9 Å². The van der Waals surface area contributed by atoms with Crippen molar-refractivity contribution in [1.82, 2.24) is 10.3 Å². The number of fused-ring (bicyclic) bond motifs is 1. The zero-order valence-corrected chi connectivity index (χ0v) is 20.5. The van der Waals surface area contributed by atoms with Gasteiger partial charge in [-0.2, -0.15) is 0 Å². The first-order valence-corrected chi connectivity index (χ1v) is 13.4. The molecule has 186 valence electrons. The molecule has 0 spiro atoms. The summed E-state index contributed by atoms with van der Waals surface area (Å²) in [4.78, 5) is 12.6. The van der Waals surface area contributed by atoms with Crippen molar-refractivity contribution in [3.8, 4) is 5.75 Å².